The van der Waals surface area contributed by atoms with Crippen LogP contribution in [0.3, 0.4) is 0 Å². The van der Waals surface area contributed by atoms with E-state index in [-0.39, 0.29) is 12.0 Å². The average Bonchev–Trinajstić information content (AvgIpc) is 2.87. The number of carboxylic acid groups (broad SMARTS) is 1. The summed E-state index contributed by atoms with van der Waals surface area (Å²) in [6.07, 6.45) is 1.42. The molecule has 0 aliphatic carbocycles. The van der Waals surface area contributed by atoms with Gasteiger partial charge in [-0.15, -0.1) is 0 Å². The molecule has 0 amide bonds. The number of carboxylic acids is 1. The van der Waals surface area contributed by atoms with E-state index in [1.54, 1.807) is 7.11 Å². The number of hydrogen-bond donors (Lipinski definition) is 2. The molecule has 0 spiro atoms. The van der Waals surface area contributed by atoms with E-state index in [9.17, 15) is 4.79 Å². The Labute approximate surface area is 117 Å². The van der Waals surface area contributed by atoms with Crippen LogP contribution in [-0.2, 0) is 11.2 Å². The summed E-state index contributed by atoms with van der Waals surface area (Å²) < 4.78 is 5.30. The van der Waals surface area contributed by atoms with E-state index in [0.29, 0.717) is 23.7 Å². The topological polar surface area (TPSA) is 58.6 Å². The van der Waals surface area contributed by atoms with Crippen molar-refractivity contribution in [1.82, 2.24) is 5.32 Å². The minimum absolute atomic E-state index is 0.0507. The molecule has 1 aliphatic rings. The van der Waals surface area contributed by atoms with Crippen molar-refractivity contribution in [1.29, 1.82) is 0 Å². The Morgan fingerprint density at radius 3 is 2.84 bits per heavy atom. The zero-order chi connectivity index (χ0) is 14.0. The molecule has 1 heterocycles. The van der Waals surface area contributed by atoms with Crippen molar-refractivity contribution in [2.75, 3.05) is 13.7 Å². The third kappa shape index (κ3) is 2.85. The summed E-state index contributed by atoms with van der Waals surface area (Å²) in [5.74, 6) is -0.359. The molecule has 2 atom stereocenters. The van der Waals surface area contributed by atoms with Gasteiger partial charge in [-0.05, 0) is 30.0 Å². The van der Waals surface area contributed by atoms with Gasteiger partial charge in [0.25, 0.3) is 0 Å². The van der Waals surface area contributed by atoms with Gasteiger partial charge in [0, 0.05) is 12.6 Å². The number of carbonyl (C=O) groups is 1. The zero-order valence-electron chi connectivity index (χ0n) is 11.1. The number of aliphatic carboxylic acids is 1. The molecule has 4 nitrogen and oxygen atoms in total. The first-order valence-corrected chi connectivity index (χ1v) is 6.77. The van der Waals surface area contributed by atoms with Gasteiger partial charge in [0.05, 0.1) is 18.1 Å². The average molecular weight is 284 g/mol. The number of aryl methyl sites for hydroxylation is 1. The van der Waals surface area contributed by atoms with E-state index < -0.39 is 5.97 Å². The summed E-state index contributed by atoms with van der Waals surface area (Å²) in [4.78, 5) is 11.0. The van der Waals surface area contributed by atoms with Gasteiger partial charge < -0.3 is 15.2 Å². The third-order valence-corrected chi connectivity index (χ3v) is 3.89. The van der Waals surface area contributed by atoms with E-state index in [2.05, 4.69) is 5.32 Å². The summed E-state index contributed by atoms with van der Waals surface area (Å²) in [6, 6.07) is 3.96. The molecular formula is C14H18ClNO3. The molecule has 1 fully saturated rings. The lowest BCUT2D eigenvalue weighted by molar-refractivity contribution is -0.141. The number of benzene rings is 1. The molecule has 1 aromatic rings. The second kappa shape index (κ2) is 5.80. The van der Waals surface area contributed by atoms with Crippen LogP contribution in [0.1, 0.15) is 30.5 Å². The van der Waals surface area contributed by atoms with Crippen LogP contribution in [0.15, 0.2) is 12.1 Å². The van der Waals surface area contributed by atoms with E-state index in [1.165, 1.54) is 0 Å². The Morgan fingerprint density at radius 1 is 1.58 bits per heavy atom. The normalized spacial score (nSPS) is 22.5. The minimum atomic E-state index is -0.745. The fourth-order valence-electron chi connectivity index (χ4n) is 2.54. The number of ether oxygens (including phenoxy) is 1. The first-order chi connectivity index (χ1) is 9.06. The number of rotatable bonds is 4. The first kappa shape index (κ1) is 14.2. The molecule has 5 heteroatoms. The summed E-state index contributed by atoms with van der Waals surface area (Å²) in [6.45, 7) is 2.55. The molecule has 104 valence electrons. The molecular weight excluding hydrogens is 266 g/mol. The van der Waals surface area contributed by atoms with E-state index in [1.807, 2.05) is 19.1 Å². The summed E-state index contributed by atoms with van der Waals surface area (Å²) >= 11 is 6.22. The number of hydrogen-bond acceptors (Lipinski definition) is 3. The van der Waals surface area contributed by atoms with Crippen LogP contribution in [0.25, 0.3) is 0 Å². The Balaban J connectivity index is 2.27. The zero-order valence-corrected chi connectivity index (χ0v) is 11.8. The van der Waals surface area contributed by atoms with Crippen molar-refractivity contribution >= 4 is 17.6 Å². The smallest absolute Gasteiger partial charge is 0.307 e. The molecule has 1 aliphatic heterocycles. The molecule has 1 saturated heterocycles. The third-order valence-electron chi connectivity index (χ3n) is 3.61. The van der Waals surface area contributed by atoms with Crippen LogP contribution in [0.4, 0.5) is 0 Å². The fraction of sp³-hybridized carbons (Fsp3) is 0.500. The van der Waals surface area contributed by atoms with E-state index >= 15 is 0 Å². The maximum absolute atomic E-state index is 11.0. The van der Waals surface area contributed by atoms with Gasteiger partial charge in [-0.3, -0.25) is 4.79 Å². The van der Waals surface area contributed by atoms with Gasteiger partial charge in [-0.1, -0.05) is 24.6 Å². The summed E-state index contributed by atoms with van der Waals surface area (Å²) in [5, 5.41) is 12.9. The molecule has 1 aromatic carbocycles. The number of nitrogens with one attached hydrogen (secondary N) is 1. The summed E-state index contributed by atoms with van der Waals surface area (Å²) in [7, 11) is 1.61. The quantitative estimate of drug-likeness (QED) is 0.892. The van der Waals surface area contributed by atoms with Gasteiger partial charge in [0.15, 0.2) is 0 Å². The second-order valence-corrected chi connectivity index (χ2v) is 5.19. The van der Waals surface area contributed by atoms with Crippen molar-refractivity contribution in [2.24, 2.45) is 5.92 Å². The molecule has 0 aromatic heterocycles. The van der Waals surface area contributed by atoms with Crippen LogP contribution >= 0.6 is 11.6 Å². The molecule has 0 saturated carbocycles. The second-order valence-electron chi connectivity index (χ2n) is 4.78. The molecule has 2 N–H and O–H groups in total. The Hall–Kier alpha value is -1.26. The molecule has 2 rings (SSSR count). The van der Waals surface area contributed by atoms with Crippen LogP contribution in [-0.4, -0.2) is 24.7 Å². The highest BCUT2D eigenvalue weighted by atomic mass is 35.5. The van der Waals surface area contributed by atoms with Crippen molar-refractivity contribution in [3.8, 4) is 5.75 Å². The SMILES string of the molecule is CCc1cc(C2CC(C(=O)O)CN2)cc(Cl)c1OC. The molecule has 0 bridgehead atoms. The lowest BCUT2D eigenvalue weighted by Gasteiger charge is -2.16. The van der Waals surface area contributed by atoms with Crippen LogP contribution in [0.5, 0.6) is 5.75 Å². The van der Waals surface area contributed by atoms with Crippen molar-refractivity contribution in [3.05, 3.63) is 28.3 Å². The summed E-state index contributed by atoms with van der Waals surface area (Å²) in [5.41, 5.74) is 2.08. The largest absolute Gasteiger partial charge is 0.495 e. The molecule has 2 unspecified atom stereocenters. The van der Waals surface area contributed by atoms with E-state index in [0.717, 1.165) is 17.5 Å². The highest BCUT2D eigenvalue weighted by molar-refractivity contribution is 6.32. The van der Waals surface area contributed by atoms with Crippen molar-refractivity contribution < 1.29 is 14.6 Å². The van der Waals surface area contributed by atoms with E-state index in [4.69, 9.17) is 21.4 Å². The van der Waals surface area contributed by atoms with Gasteiger partial charge in [-0.2, -0.15) is 0 Å². The highest BCUT2D eigenvalue weighted by Gasteiger charge is 2.30. The fourth-order valence-corrected chi connectivity index (χ4v) is 2.87. The van der Waals surface area contributed by atoms with Crippen LogP contribution < -0.4 is 10.1 Å². The van der Waals surface area contributed by atoms with Crippen molar-refractivity contribution in [2.45, 2.75) is 25.8 Å². The number of methoxy groups -OCH3 is 1. The first-order valence-electron chi connectivity index (χ1n) is 6.39. The van der Waals surface area contributed by atoms with Gasteiger partial charge in [0.2, 0.25) is 0 Å². The molecule has 0 radical (unpaired) electrons. The maximum Gasteiger partial charge on any atom is 0.307 e. The lowest BCUT2D eigenvalue weighted by Crippen LogP contribution is -2.17. The van der Waals surface area contributed by atoms with Gasteiger partial charge in [0.1, 0.15) is 5.75 Å². The number of halogens is 1. The lowest BCUT2D eigenvalue weighted by atomic mass is 9.97. The van der Waals surface area contributed by atoms with Gasteiger partial charge in [-0.25, -0.2) is 0 Å². The highest BCUT2D eigenvalue weighted by Crippen LogP contribution is 2.35. The minimum Gasteiger partial charge on any atom is -0.495 e. The monoisotopic (exact) mass is 283 g/mol. The Morgan fingerprint density at radius 2 is 2.32 bits per heavy atom. The van der Waals surface area contributed by atoms with Crippen LogP contribution in [0, 0.1) is 5.92 Å². The maximum atomic E-state index is 11.0. The van der Waals surface area contributed by atoms with Crippen LogP contribution in [0.2, 0.25) is 5.02 Å². The Bertz CT molecular complexity index is 490. The van der Waals surface area contributed by atoms with Crippen molar-refractivity contribution in [3.63, 3.8) is 0 Å². The Kier molecular flexibility index (Phi) is 4.32. The molecule has 19 heavy (non-hydrogen) atoms. The predicted octanol–water partition coefficient (Wildman–Crippen LogP) is 2.65. The predicted molar refractivity (Wildman–Crippen MR) is 73.9 cm³/mol. The van der Waals surface area contributed by atoms with Gasteiger partial charge >= 0.3 is 5.97 Å². The standard InChI is InChI=1S/C14H18ClNO3/c1-3-8-4-9(5-11(15)13(8)19-2)12-6-10(7-16-12)14(17)18/h4-5,10,12,16H,3,6-7H2,1-2H3,(H,17,18).